The van der Waals surface area contributed by atoms with Gasteiger partial charge in [-0.15, -0.1) is 0 Å². The van der Waals surface area contributed by atoms with E-state index in [1.54, 1.807) is 19.2 Å². The van der Waals surface area contributed by atoms with Crippen molar-refractivity contribution in [1.82, 2.24) is 4.98 Å². The highest BCUT2D eigenvalue weighted by molar-refractivity contribution is 5.54. The number of benzene rings is 1. The van der Waals surface area contributed by atoms with Crippen LogP contribution in [0.15, 0.2) is 42.6 Å². The van der Waals surface area contributed by atoms with E-state index in [0.717, 1.165) is 24.3 Å². The summed E-state index contributed by atoms with van der Waals surface area (Å²) < 4.78 is 13.3. The zero-order chi connectivity index (χ0) is 14.5. The number of aromatic nitrogens is 1. The van der Waals surface area contributed by atoms with Gasteiger partial charge in [-0.2, -0.15) is 0 Å². The van der Waals surface area contributed by atoms with Crippen molar-refractivity contribution in [3.05, 3.63) is 59.7 Å². The summed E-state index contributed by atoms with van der Waals surface area (Å²) in [4.78, 5) is 6.29. The molecule has 1 heterocycles. The second-order valence-electron chi connectivity index (χ2n) is 4.87. The lowest BCUT2D eigenvalue weighted by molar-refractivity contribution is 0.199. The summed E-state index contributed by atoms with van der Waals surface area (Å²) in [6.07, 6.45) is 1.88. The van der Waals surface area contributed by atoms with Crippen molar-refractivity contribution in [3.8, 4) is 0 Å². The number of aliphatic hydroxyl groups is 1. The fourth-order valence-corrected chi connectivity index (χ4v) is 2.16. The van der Waals surface area contributed by atoms with E-state index in [4.69, 9.17) is 0 Å². The number of nitrogens with zero attached hydrogens (tertiary/aromatic N) is 2. The van der Waals surface area contributed by atoms with Crippen LogP contribution in [0.25, 0.3) is 0 Å². The van der Waals surface area contributed by atoms with E-state index in [2.05, 4.69) is 4.98 Å². The van der Waals surface area contributed by atoms with Gasteiger partial charge in [-0.05, 0) is 37.3 Å². The minimum atomic E-state index is -0.696. The number of anilines is 1. The van der Waals surface area contributed by atoms with Gasteiger partial charge in [0.05, 0.1) is 6.10 Å². The van der Waals surface area contributed by atoms with E-state index >= 15 is 0 Å². The Labute approximate surface area is 118 Å². The lowest BCUT2D eigenvalue weighted by atomic mass is 10.1. The van der Waals surface area contributed by atoms with E-state index < -0.39 is 6.10 Å². The molecule has 0 saturated carbocycles. The van der Waals surface area contributed by atoms with E-state index in [9.17, 15) is 9.50 Å². The fourth-order valence-electron chi connectivity index (χ4n) is 2.16. The second kappa shape index (κ2) is 6.48. The zero-order valence-electron chi connectivity index (χ0n) is 11.8. The normalized spacial score (nSPS) is 12.2. The van der Waals surface area contributed by atoms with Crippen LogP contribution in [0.4, 0.5) is 10.1 Å². The molecule has 0 aliphatic rings. The second-order valence-corrected chi connectivity index (χ2v) is 4.87. The first-order valence-corrected chi connectivity index (χ1v) is 6.66. The Morgan fingerprint density at radius 3 is 2.75 bits per heavy atom. The van der Waals surface area contributed by atoms with Gasteiger partial charge >= 0.3 is 0 Å². The lowest BCUT2D eigenvalue weighted by Gasteiger charge is -2.23. The molecule has 1 atom stereocenters. The summed E-state index contributed by atoms with van der Waals surface area (Å²) in [5.74, 6) is -0.331. The molecule has 0 saturated heterocycles. The Morgan fingerprint density at radius 2 is 2.10 bits per heavy atom. The first-order chi connectivity index (χ1) is 9.58. The van der Waals surface area contributed by atoms with Crippen LogP contribution in [0.1, 0.15) is 24.3 Å². The van der Waals surface area contributed by atoms with Crippen LogP contribution in [0.3, 0.4) is 0 Å². The monoisotopic (exact) mass is 274 g/mol. The number of hydrogen-bond donors (Lipinski definition) is 1. The van der Waals surface area contributed by atoms with Crippen molar-refractivity contribution in [2.24, 2.45) is 0 Å². The third-order valence-electron chi connectivity index (χ3n) is 3.28. The Hall–Kier alpha value is -1.94. The summed E-state index contributed by atoms with van der Waals surface area (Å²) in [6, 6.07) is 10.3. The molecule has 1 N–H and O–H groups in total. The third kappa shape index (κ3) is 3.54. The summed E-state index contributed by atoms with van der Waals surface area (Å²) in [5, 5.41) is 9.76. The largest absolute Gasteiger partial charge is 0.389 e. The highest BCUT2D eigenvalue weighted by atomic mass is 19.1. The summed E-state index contributed by atoms with van der Waals surface area (Å²) in [6.45, 7) is 2.40. The predicted octanol–water partition coefficient (Wildman–Crippen LogP) is 2.95. The number of rotatable bonds is 5. The van der Waals surface area contributed by atoms with Crippen molar-refractivity contribution in [3.63, 3.8) is 0 Å². The molecule has 0 aliphatic carbocycles. The molecule has 4 heteroatoms. The quantitative estimate of drug-likeness (QED) is 0.910. The highest BCUT2D eigenvalue weighted by Crippen LogP contribution is 2.26. The molecule has 0 radical (unpaired) electrons. The molecule has 106 valence electrons. The number of halogens is 1. The van der Waals surface area contributed by atoms with Crippen LogP contribution in [0, 0.1) is 5.82 Å². The van der Waals surface area contributed by atoms with Gasteiger partial charge in [0, 0.05) is 43.2 Å². The first kappa shape index (κ1) is 14.5. The molecule has 2 aromatic rings. The van der Waals surface area contributed by atoms with Gasteiger partial charge in [0.25, 0.3) is 0 Å². The Bertz CT molecular complexity index is 558. The topological polar surface area (TPSA) is 36.4 Å². The molecule has 0 amide bonds. The Kier molecular flexibility index (Phi) is 4.69. The SMILES string of the molecule is C[C@H](O)c1cc(F)ccc1N(C)CCc1ccccn1. The molecule has 0 bridgehead atoms. The smallest absolute Gasteiger partial charge is 0.123 e. The first-order valence-electron chi connectivity index (χ1n) is 6.66. The van der Waals surface area contributed by atoms with Crippen LogP contribution < -0.4 is 4.90 Å². The van der Waals surface area contributed by atoms with E-state index in [-0.39, 0.29) is 5.82 Å². The number of likely N-dealkylation sites (N-methyl/N-ethyl adjacent to an activating group) is 1. The van der Waals surface area contributed by atoms with E-state index in [0.29, 0.717) is 5.56 Å². The standard InChI is InChI=1S/C16H19FN2O/c1-12(20)15-11-13(17)6-7-16(15)19(2)10-8-14-5-3-4-9-18-14/h3-7,9,11-12,20H,8,10H2,1-2H3/t12-/m0/s1. The molecule has 3 nitrogen and oxygen atoms in total. The van der Waals surface area contributed by atoms with Crippen molar-refractivity contribution < 1.29 is 9.50 Å². The van der Waals surface area contributed by atoms with E-state index in [1.807, 2.05) is 30.1 Å². The summed E-state index contributed by atoms with van der Waals surface area (Å²) in [7, 11) is 1.93. The van der Waals surface area contributed by atoms with Gasteiger partial charge < -0.3 is 10.0 Å². The van der Waals surface area contributed by atoms with Gasteiger partial charge in [-0.25, -0.2) is 4.39 Å². The molecule has 0 spiro atoms. The molecular weight excluding hydrogens is 255 g/mol. The van der Waals surface area contributed by atoms with Crippen molar-refractivity contribution in [2.75, 3.05) is 18.5 Å². The number of pyridine rings is 1. The highest BCUT2D eigenvalue weighted by Gasteiger charge is 2.12. The van der Waals surface area contributed by atoms with Gasteiger partial charge in [0.15, 0.2) is 0 Å². The minimum Gasteiger partial charge on any atom is -0.389 e. The molecule has 0 fully saturated rings. The number of aliphatic hydroxyl groups excluding tert-OH is 1. The Balaban J connectivity index is 2.11. The maximum Gasteiger partial charge on any atom is 0.123 e. The predicted molar refractivity (Wildman–Crippen MR) is 78.2 cm³/mol. The van der Waals surface area contributed by atoms with Gasteiger partial charge in [-0.3, -0.25) is 4.98 Å². The lowest BCUT2D eigenvalue weighted by Crippen LogP contribution is -2.22. The average Bonchev–Trinajstić information content (AvgIpc) is 2.45. The maximum atomic E-state index is 13.3. The van der Waals surface area contributed by atoms with Crippen LogP contribution in [-0.4, -0.2) is 23.7 Å². The van der Waals surface area contributed by atoms with Gasteiger partial charge in [0.1, 0.15) is 5.82 Å². The van der Waals surface area contributed by atoms with Crippen LogP contribution in [-0.2, 0) is 6.42 Å². The molecule has 1 aromatic carbocycles. The van der Waals surface area contributed by atoms with Crippen molar-refractivity contribution >= 4 is 5.69 Å². The molecule has 20 heavy (non-hydrogen) atoms. The maximum absolute atomic E-state index is 13.3. The number of hydrogen-bond acceptors (Lipinski definition) is 3. The average molecular weight is 274 g/mol. The Morgan fingerprint density at radius 1 is 1.30 bits per heavy atom. The molecule has 0 aliphatic heterocycles. The molecule has 0 unspecified atom stereocenters. The van der Waals surface area contributed by atoms with Crippen LogP contribution in [0.2, 0.25) is 0 Å². The van der Waals surface area contributed by atoms with Crippen molar-refractivity contribution in [2.45, 2.75) is 19.4 Å². The fraction of sp³-hybridized carbons (Fsp3) is 0.312. The summed E-state index contributed by atoms with van der Waals surface area (Å²) >= 11 is 0. The van der Waals surface area contributed by atoms with Gasteiger partial charge in [0.2, 0.25) is 0 Å². The van der Waals surface area contributed by atoms with E-state index in [1.165, 1.54) is 12.1 Å². The van der Waals surface area contributed by atoms with Crippen molar-refractivity contribution in [1.29, 1.82) is 0 Å². The zero-order valence-corrected chi connectivity index (χ0v) is 11.8. The van der Waals surface area contributed by atoms with Gasteiger partial charge in [-0.1, -0.05) is 6.07 Å². The minimum absolute atomic E-state index is 0.331. The van der Waals surface area contributed by atoms with Crippen LogP contribution >= 0.6 is 0 Å². The molecule has 2 rings (SSSR count). The molecular formula is C16H19FN2O. The summed E-state index contributed by atoms with van der Waals surface area (Å²) in [5.41, 5.74) is 2.46. The van der Waals surface area contributed by atoms with Crippen LogP contribution in [0.5, 0.6) is 0 Å². The molecule has 1 aromatic heterocycles. The third-order valence-corrected chi connectivity index (χ3v) is 3.28.